The van der Waals surface area contributed by atoms with Crippen LogP contribution < -0.4 is 0 Å². The molecule has 2 aromatic carbocycles. The van der Waals surface area contributed by atoms with Crippen molar-refractivity contribution in [3.63, 3.8) is 0 Å². The smallest absolute Gasteiger partial charge is 0.173 e. The molecule has 3 heterocycles. The molecule has 8 heteroatoms. The van der Waals surface area contributed by atoms with Crippen molar-refractivity contribution < 1.29 is 4.74 Å². The average Bonchev–Trinajstić information content (AvgIpc) is 3.39. The number of tetrazole rings is 1. The molecule has 2 saturated heterocycles. The van der Waals surface area contributed by atoms with Crippen molar-refractivity contribution in [2.24, 2.45) is 0 Å². The summed E-state index contributed by atoms with van der Waals surface area (Å²) in [5.74, 6) is 0.945. The molecule has 8 nitrogen and oxygen atoms in total. The van der Waals surface area contributed by atoms with Crippen LogP contribution in [0, 0.1) is 0 Å². The number of aryl methyl sites for hydroxylation is 1. The first kappa shape index (κ1) is 24.8. The molecule has 0 amide bonds. The van der Waals surface area contributed by atoms with Gasteiger partial charge in [-0.05, 0) is 28.0 Å². The molecule has 0 radical (unpaired) electrons. The Hall–Kier alpha value is -2.91. The highest BCUT2D eigenvalue weighted by molar-refractivity contribution is 5.48. The number of benzene rings is 2. The van der Waals surface area contributed by atoms with E-state index in [1.54, 1.807) is 0 Å². The fourth-order valence-corrected chi connectivity index (χ4v) is 5.10. The van der Waals surface area contributed by atoms with E-state index in [-0.39, 0.29) is 6.04 Å². The lowest BCUT2D eigenvalue weighted by Gasteiger charge is -2.38. The Bertz CT molecular complexity index is 1060. The molecule has 2 fully saturated rings. The van der Waals surface area contributed by atoms with Gasteiger partial charge in [-0.15, -0.1) is 5.10 Å². The highest BCUT2D eigenvalue weighted by Crippen LogP contribution is 2.28. The molecule has 0 bridgehead atoms. The van der Waals surface area contributed by atoms with E-state index in [1.165, 1.54) is 11.1 Å². The molecule has 0 N–H and O–H groups in total. The van der Waals surface area contributed by atoms with E-state index in [9.17, 15) is 0 Å². The first-order valence-electron chi connectivity index (χ1n) is 13.2. The molecular formula is C28H37N7O. The van der Waals surface area contributed by atoms with Crippen LogP contribution in [0.3, 0.4) is 0 Å². The molecule has 2 aliphatic rings. The van der Waals surface area contributed by atoms with Gasteiger partial charge in [0.1, 0.15) is 0 Å². The summed E-state index contributed by atoms with van der Waals surface area (Å²) in [5.41, 5.74) is 2.50. The zero-order chi connectivity index (χ0) is 24.4. The van der Waals surface area contributed by atoms with Crippen molar-refractivity contribution in [1.29, 1.82) is 0 Å². The maximum absolute atomic E-state index is 5.48. The van der Waals surface area contributed by atoms with Gasteiger partial charge in [0.05, 0.1) is 19.3 Å². The zero-order valence-corrected chi connectivity index (χ0v) is 21.0. The molecule has 1 aromatic heterocycles. The summed E-state index contributed by atoms with van der Waals surface area (Å²) in [7, 11) is 0. The van der Waals surface area contributed by atoms with Gasteiger partial charge in [-0.1, -0.05) is 72.8 Å². The van der Waals surface area contributed by atoms with Crippen molar-refractivity contribution >= 4 is 6.08 Å². The molecule has 190 valence electrons. The first-order chi connectivity index (χ1) is 17.9. The van der Waals surface area contributed by atoms with Crippen LogP contribution >= 0.6 is 0 Å². The summed E-state index contributed by atoms with van der Waals surface area (Å²) in [6, 6.07) is 21.3. The molecule has 5 rings (SSSR count). The third kappa shape index (κ3) is 6.64. The second-order valence-electron chi connectivity index (χ2n) is 9.53. The van der Waals surface area contributed by atoms with Gasteiger partial charge in [-0.25, -0.2) is 4.68 Å². The number of morpholine rings is 1. The molecule has 2 aliphatic heterocycles. The Morgan fingerprint density at radius 3 is 2.28 bits per heavy atom. The van der Waals surface area contributed by atoms with Crippen LogP contribution in [0.25, 0.3) is 6.08 Å². The van der Waals surface area contributed by atoms with E-state index in [0.717, 1.165) is 84.4 Å². The number of aromatic nitrogens is 4. The molecule has 0 spiro atoms. The normalized spacial score (nSPS) is 19.1. The van der Waals surface area contributed by atoms with Crippen LogP contribution in [-0.2, 0) is 11.3 Å². The third-order valence-corrected chi connectivity index (χ3v) is 7.11. The number of hydrogen-bond acceptors (Lipinski definition) is 7. The van der Waals surface area contributed by atoms with Gasteiger partial charge in [-0.3, -0.25) is 14.7 Å². The molecular weight excluding hydrogens is 450 g/mol. The number of ether oxygens (including phenoxy) is 1. The summed E-state index contributed by atoms with van der Waals surface area (Å²) in [6.07, 6.45) is 5.51. The van der Waals surface area contributed by atoms with Gasteiger partial charge in [0, 0.05) is 58.9 Å². The monoisotopic (exact) mass is 487 g/mol. The molecule has 0 saturated carbocycles. The van der Waals surface area contributed by atoms with E-state index in [2.05, 4.69) is 103 Å². The lowest BCUT2D eigenvalue weighted by atomic mass is 10.0. The largest absolute Gasteiger partial charge is 0.379 e. The maximum Gasteiger partial charge on any atom is 0.173 e. The summed E-state index contributed by atoms with van der Waals surface area (Å²) in [5, 5.41) is 13.0. The van der Waals surface area contributed by atoms with Gasteiger partial charge >= 0.3 is 0 Å². The van der Waals surface area contributed by atoms with E-state index < -0.39 is 0 Å². The van der Waals surface area contributed by atoms with Crippen molar-refractivity contribution in [3.05, 3.63) is 83.7 Å². The minimum atomic E-state index is 0.0617. The van der Waals surface area contributed by atoms with Crippen LogP contribution in [0.1, 0.15) is 29.4 Å². The summed E-state index contributed by atoms with van der Waals surface area (Å²) < 4.78 is 7.50. The van der Waals surface area contributed by atoms with Gasteiger partial charge in [0.2, 0.25) is 0 Å². The summed E-state index contributed by atoms with van der Waals surface area (Å²) >= 11 is 0. The standard InChI is InChI=1S/C28H37N7O/c1-3-9-25(10-4-1)11-7-14-32-17-19-34(20-18-32)27(26-12-5-2-6-13-26)28-29-30-31-35(28)16-8-15-33-21-23-36-24-22-33/h1-7,9-13,27H,8,14-24H2/b11-7+/t27-/m0/s1. The van der Waals surface area contributed by atoms with Crippen molar-refractivity contribution in [3.8, 4) is 0 Å². The lowest BCUT2D eigenvalue weighted by Crippen LogP contribution is -2.48. The van der Waals surface area contributed by atoms with Crippen LogP contribution in [0.5, 0.6) is 0 Å². The van der Waals surface area contributed by atoms with E-state index in [4.69, 9.17) is 4.74 Å². The Morgan fingerprint density at radius 1 is 0.806 bits per heavy atom. The van der Waals surface area contributed by atoms with Crippen molar-refractivity contribution in [1.82, 2.24) is 34.9 Å². The topological polar surface area (TPSA) is 62.6 Å². The van der Waals surface area contributed by atoms with Crippen LogP contribution in [0.4, 0.5) is 0 Å². The summed E-state index contributed by atoms with van der Waals surface area (Å²) in [4.78, 5) is 7.52. The van der Waals surface area contributed by atoms with E-state index >= 15 is 0 Å². The Kier molecular flexibility index (Phi) is 8.86. The second kappa shape index (κ2) is 12.9. The minimum absolute atomic E-state index is 0.0617. The van der Waals surface area contributed by atoms with Crippen LogP contribution in [-0.4, -0.2) is 100 Å². The third-order valence-electron chi connectivity index (χ3n) is 7.11. The zero-order valence-electron chi connectivity index (χ0n) is 21.0. The second-order valence-corrected chi connectivity index (χ2v) is 9.53. The number of piperazine rings is 1. The number of rotatable bonds is 10. The number of hydrogen-bond donors (Lipinski definition) is 0. The SMILES string of the molecule is C(=C\c1ccccc1)/CN1CCN([C@@H](c2ccccc2)c2nnnn2CCCN2CCOCC2)CC1. The maximum atomic E-state index is 5.48. The van der Waals surface area contributed by atoms with E-state index in [1.807, 2.05) is 4.68 Å². The van der Waals surface area contributed by atoms with Crippen LogP contribution in [0.2, 0.25) is 0 Å². The predicted molar refractivity (Wildman–Crippen MR) is 141 cm³/mol. The predicted octanol–water partition coefficient (Wildman–Crippen LogP) is 2.82. The molecule has 0 unspecified atom stereocenters. The fourth-order valence-electron chi connectivity index (χ4n) is 5.10. The van der Waals surface area contributed by atoms with Gasteiger partial charge in [-0.2, -0.15) is 0 Å². The van der Waals surface area contributed by atoms with Gasteiger partial charge in [0.15, 0.2) is 5.82 Å². The van der Waals surface area contributed by atoms with E-state index in [0.29, 0.717) is 0 Å². The fraction of sp³-hybridized carbons (Fsp3) is 0.464. The quantitative estimate of drug-likeness (QED) is 0.436. The Labute approximate surface area is 214 Å². The highest BCUT2D eigenvalue weighted by atomic mass is 16.5. The first-order valence-corrected chi connectivity index (χ1v) is 13.2. The molecule has 1 atom stereocenters. The number of nitrogens with zero attached hydrogens (tertiary/aromatic N) is 7. The molecule has 0 aliphatic carbocycles. The van der Waals surface area contributed by atoms with Gasteiger partial charge < -0.3 is 4.74 Å². The minimum Gasteiger partial charge on any atom is -0.379 e. The molecule has 3 aromatic rings. The lowest BCUT2D eigenvalue weighted by molar-refractivity contribution is 0.0367. The molecule has 36 heavy (non-hydrogen) atoms. The highest BCUT2D eigenvalue weighted by Gasteiger charge is 2.30. The Morgan fingerprint density at radius 2 is 1.53 bits per heavy atom. The summed E-state index contributed by atoms with van der Waals surface area (Å²) in [6.45, 7) is 10.6. The van der Waals surface area contributed by atoms with Crippen molar-refractivity contribution in [2.45, 2.75) is 19.0 Å². The average molecular weight is 488 g/mol. The Balaban J connectivity index is 1.22. The van der Waals surface area contributed by atoms with Crippen LogP contribution in [0.15, 0.2) is 66.7 Å². The van der Waals surface area contributed by atoms with Crippen molar-refractivity contribution in [2.75, 3.05) is 65.6 Å². The van der Waals surface area contributed by atoms with Gasteiger partial charge in [0.25, 0.3) is 0 Å².